The highest BCUT2D eigenvalue weighted by molar-refractivity contribution is 7.92. The molecule has 28 heavy (non-hydrogen) atoms. The van der Waals surface area contributed by atoms with Crippen molar-refractivity contribution in [2.75, 3.05) is 16.2 Å². The van der Waals surface area contributed by atoms with Gasteiger partial charge in [0.15, 0.2) is 0 Å². The lowest BCUT2D eigenvalue weighted by molar-refractivity contribution is -0.137. The first-order valence-electron chi connectivity index (χ1n) is 8.61. The molecule has 1 fully saturated rings. The van der Waals surface area contributed by atoms with Gasteiger partial charge in [0.05, 0.1) is 16.1 Å². The highest BCUT2D eigenvalue weighted by Gasteiger charge is 2.31. The predicted octanol–water partition coefficient (Wildman–Crippen LogP) is 4.25. The van der Waals surface area contributed by atoms with Gasteiger partial charge in [0, 0.05) is 18.7 Å². The van der Waals surface area contributed by atoms with Crippen molar-refractivity contribution in [2.45, 2.75) is 37.8 Å². The van der Waals surface area contributed by atoms with Crippen molar-refractivity contribution in [2.24, 2.45) is 0 Å². The minimum absolute atomic E-state index is 0.0772. The van der Waals surface area contributed by atoms with E-state index in [4.69, 9.17) is 0 Å². The Morgan fingerprint density at radius 3 is 2.43 bits per heavy atom. The molecule has 0 atom stereocenters. The fraction of sp³-hybridized carbons (Fsp3) is 0.316. The highest BCUT2D eigenvalue weighted by Crippen LogP contribution is 2.34. The van der Waals surface area contributed by atoms with E-state index in [2.05, 4.69) is 4.72 Å². The van der Waals surface area contributed by atoms with Crippen LogP contribution >= 0.6 is 0 Å². The van der Waals surface area contributed by atoms with Crippen LogP contribution in [0, 0.1) is 13.8 Å². The molecular weight excluding hydrogens is 393 g/mol. The Kier molecular flexibility index (Phi) is 5.14. The number of aryl methyl sites for hydroxylation is 1. The average molecular weight is 412 g/mol. The van der Waals surface area contributed by atoms with Crippen LogP contribution in [-0.2, 0) is 21.0 Å². The van der Waals surface area contributed by atoms with Gasteiger partial charge in [-0.1, -0.05) is 12.1 Å². The van der Waals surface area contributed by atoms with Crippen molar-refractivity contribution in [1.82, 2.24) is 0 Å². The number of carbonyl (C=O) groups excluding carboxylic acids is 1. The van der Waals surface area contributed by atoms with Gasteiger partial charge in [-0.3, -0.25) is 9.52 Å². The number of amides is 1. The standard InChI is InChI=1S/C19H19F3N2O3S/c1-12-8-9-16(13(2)18(12)24-10-4-7-17(24)25)28(26,27)23-15-6-3-5-14(11-15)19(20,21)22/h3,5-6,8-9,11,23H,4,7,10H2,1-2H3. The number of hydrogen-bond acceptors (Lipinski definition) is 3. The van der Waals surface area contributed by atoms with E-state index >= 15 is 0 Å². The quantitative estimate of drug-likeness (QED) is 0.817. The molecule has 1 heterocycles. The summed E-state index contributed by atoms with van der Waals surface area (Å²) >= 11 is 0. The largest absolute Gasteiger partial charge is 0.416 e. The second kappa shape index (κ2) is 7.12. The van der Waals surface area contributed by atoms with Crippen LogP contribution in [0.25, 0.3) is 0 Å². The zero-order valence-corrected chi connectivity index (χ0v) is 16.1. The SMILES string of the molecule is Cc1ccc(S(=O)(=O)Nc2cccc(C(F)(F)F)c2)c(C)c1N1CCCC1=O. The lowest BCUT2D eigenvalue weighted by Crippen LogP contribution is -2.26. The number of benzene rings is 2. The Bertz CT molecular complexity index is 1030. The summed E-state index contributed by atoms with van der Waals surface area (Å²) in [5.74, 6) is -0.0772. The number of carbonyl (C=O) groups is 1. The minimum atomic E-state index is -4.58. The molecule has 0 radical (unpaired) electrons. The molecule has 2 aromatic carbocycles. The van der Waals surface area contributed by atoms with Crippen LogP contribution in [0.5, 0.6) is 0 Å². The molecule has 0 spiro atoms. The molecule has 5 nitrogen and oxygen atoms in total. The fourth-order valence-electron chi connectivity index (χ4n) is 3.38. The van der Waals surface area contributed by atoms with E-state index < -0.39 is 21.8 Å². The molecule has 1 N–H and O–H groups in total. The van der Waals surface area contributed by atoms with Gasteiger partial charge in [0.1, 0.15) is 0 Å². The minimum Gasteiger partial charge on any atom is -0.312 e. The fourth-order valence-corrected chi connectivity index (χ4v) is 4.67. The van der Waals surface area contributed by atoms with E-state index in [0.717, 1.165) is 23.8 Å². The van der Waals surface area contributed by atoms with E-state index in [0.29, 0.717) is 30.6 Å². The van der Waals surface area contributed by atoms with E-state index in [9.17, 15) is 26.4 Å². The number of nitrogens with zero attached hydrogens (tertiary/aromatic N) is 1. The van der Waals surface area contributed by atoms with Crippen LogP contribution in [0.2, 0.25) is 0 Å². The monoisotopic (exact) mass is 412 g/mol. The molecule has 1 aliphatic rings. The highest BCUT2D eigenvalue weighted by atomic mass is 32.2. The Balaban J connectivity index is 2.00. The van der Waals surface area contributed by atoms with Crippen molar-refractivity contribution in [3.05, 3.63) is 53.1 Å². The predicted molar refractivity (Wildman–Crippen MR) is 99.8 cm³/mol. The van der Waals surface area contributed by atoms with Gasteiger partial charge in [-0.05, 0) is 55.7 Å². The maximum Gasteiger partial charge on any atom is 0.416 e. The first-order chi connectivity index (χ1) is 13.0. The Hall–Kier alpha value is -2.55. The van der Waals surface area contributed by atoms with Crippen molar-refractivity contribution in [3.63, 3.8) is 0 Å². The van der Waals surface area contributed by atoms with E-state index in [1.165, 1.54) is 12.1 Å². The van der Waals surface area contributed by atoms with Gasteiger partial charge in [0.2, 0.25) is 5.91 Å². The number of anilines is 2. The number of alkyl halides is 3. The molecule has 0 aromatic heterocycles. The maximum absolute atomic E-state index is 12.9. The van der Waals surface area contributed by atoms with Gasteiger partial charge < -0.3 is 4.90 Å². The summed E-state index contributed by atoms with van der Waals surface area (Å²) in [5.41, 5.74) is 0.542. The number of rotatable bonds is 4. The lowest BCUT2D eigenvalue weighted by Gasteiger charge is -2.23. The second-order valence-corrected chi connectivity index (χ2v) is 8.34. The van der Waals surface area contributed by atoms with E-state index in [1.54, 1.807) is 24.8 Å². The maximum atomic E-state index is 12.9. The molecule has 2 aromatic rings. The molecular formula is C19H19F3N2O3S. The third kappa shape index (κ3) is 3.84. The van der Waals surface area contributed by atoms with E-state index in [-0.39, 0.29) is 16.5 Å². The summed E-state index contributed by atoms with van der Waals surface area (Å²) in [5, 5.41) is 0. The van der Waals surface area contributed by atoms with Crippen molar-refractivity contribution >= 4 is 27.3 Å². The second-order valence-electron chi connectivity index (χ2n) is 6.69. The van der Waals surface area contributed by atoms with Crippen molar-refractivity contribution in [1.29, 1.82) is 0 Å². The molecule has 1 amide bonds. The summed E-state index contributed by atoms with van der Waals surface area (Å²) in [4.78, 5) is 13.6. The third-order valence-electron chi connectivity index (χ3n) is 4.66. The molecule has 1 saturated heterocycles. The molecule has 9 heteroatoms. The van der Waals surface area contributed by atoms with Crippen LogP contribution in [0.1, 0.15) is 29.5 Å². The van der Waals surface area contributed by atoms with Gasteiger partial charge in [0.25, 0.3) is 10.0 Å². The Morgan fingerprint density at radius 1 is 1.11 bits per heavy atom. The zero-order valence-electron chi connectivity index (χ0n) is 15.3. The summed E-state index contributed by atoms with van der Waals surface area (Å²) in [6, 6.07) is 6.98. The van der Waals surface area contributed by atoms with Crippen molar-refractivity contribution in [3.8, 4) is 0 Å². The molecule has 0 saturated carbocycles. The Morgan fingerprint density at radius 2 is 1.82 bits per heavy atom. The number of hydrogen-bond donors (Lipinski definition) is 1. The van der Waals surface area contributed by atoms with Gasteiger partial charge >= 0.3 is 6.18 Å². The van der Waals surface area contributed by atoms with Crippen LogP contribution in [-0.4, -0.2) is 20.9 Å². The van der Waals surface area contributed by atoms with Gasteiger partial charge in [-0.2, -0.15) is 13.2 Å². The number of sulfonamides is 1. The summed E-state index contributed by atoms with van der Waals surface area (Å²) in [6.07, 6.45) is -3.49. The molecule has 150 valence electrons. The summed E-state index contributed by atoms with van der Waals surface area (Å²) in [7, 11) is -4.15. The molecule has 0 bridgehead atoms. The smallest absolute Gasteiger partial charge is 0.312 e. The van der Waals surface area contributed by atoms with E-state index in [1.807, 2.05) is 0 Å². The average Bonchev–Trinajstić information content (AvgIpc) is 2.99. The van der Waals surface area contributed by atoms with Crippen molar-refractivity contribution < 1.29 is 26.4 Å². The number of nitrogens with one attached hydrogen (secondary N) is 1. The van der Waals surface area contributed by atoms with Gasteiger partial charge in [-0.25, -0.2) is 8.42 Å². The molecule has 0 unspecified atom stereocenters. The first kappa shape index (κ1) is 20.2. The van der Waals surface area contributed by atoms with Crippen LogP contribution in [0.4, 0.5) is 24.5 Å². The zero-order chi connectivity index (χ0) is 20.7. The van der Waals surface area contributed by atoms with Gasteiger partial charge in [-0.15, -0.1) is 0 Å². The molecule has 3 rings (SSSR count). The Labute approximate surface area is 161 Å². The molecule has 1 aliphatic heterocycles. The first-order valence-corrected chi connectivity index (χ1v) is 10.1. The van der Waals surface area contributed by atoms with Crippen LogP contribution < -0.4 is 9.62 Å². The summed E-state index contributed by atoms with van der Waals surface area (Å²) in [6.45, 7) is 3.88. The van der Waals surface area contributed by atoms with Crippen LogP contribution in [0.3, 0.4) is 0 Å². The third-order valence-corrected chi connectivity index (χ3v) is 6.18. The lowest BCUT2D eigenvalue weighted by atomic mass is 10.1. The van der Waals surface area contributed by atoms with Crippen LogP contribution in [0.15, 0.2) is 41.3 Å². The topological polar surface area (TPSA) is 66.5 Å². The number of halogens is 3. The summed E-state index contributed by atoms with van der Waals surface area (Å²) < 4.78 is 66.5. The normalized spacial score (nSPS) is 15.2. The molecule has 0 aliphatic carbocycles.